The SMILES string of the molecule is CC(C)(C)OC(=O)N1C(C)(c2cc(Br)ccc2F)COS1(=O)=O. The zero-order valence-electron chi connectivity index (χ0n) is 13.1. The summed E-state index contributed by atoms with van der Waals surface area (Å²) in [6.45, 7) is 5.82. The fourth-order valence-corrected chi connectivity index (χ4v) is 3.95. The highest BCUT2D eigenvalue weighted by Crippen LogP contribution is 2.40. The van der Waals surface area contributed by atoms with E-state index >= 15 is 0 Å². The minimum Gasteiger partial charge on any atom is -0.443 e. The molecule has 1 amide bonds. The van der Waals surface area contributed by atoms with Crippen LogP contribution in [0, 0.1) is 5.82 Å². The van der Waals surface area contributed by atoms with Gasteiger partial charge in [0.25, 0.3) is 0 Å². The zero-order chi connectivity index (χ0) is 17.6. The van der Waals surface area contributed by atoms with Gasteiger partial charge in [-0.25, -0.2) is 9.18 Å². The standard InChI is InChI=1S/C14H17BrFNO5S/c1-13(2,3)22-12(18)17-14(4,8-21-23(17,19)20)10-7-9(15)5-6-11(10)16/h5-7H,8H2,1-4H3. The Morgan fingerprint density at radius 3 is 2.61 bits per heavy atom. The molecule has 0 saturated carbocycles. The molecule has 1 saturated heterocycles. The van der Waals surface area contributed by atoms with Gasteiger partial charge >= 0.3 is 16.4 Å². The van der Waals surface area contributed by atoms with Crippen molar-refractivity contribution >= 4 is 32.3 Å². The van der Waals surface area contributed by atoms with E-state index in [1.807, 2.05) is 0 Å². The minimum atomic E-state index is -4.37. The van der Waals surface area contributed by atoms with Gasteiger partial charge in [-0.05, 0) is 45.9 Å². The van der Waals surface area contributed by atoms with E-state index in [0.29, 0.717) is 8.78 Å². The number of carbonyl (C=O) groups is 1. The Kier molecular flexibility index (Phi) is 4.51. The smallest absolute Gasteiger partial charge is 0.426 e. The van der Waals surface area contributed by atoms with E-state index in [0.717, 1.165) is 0 Å². The zero-order valence-corrected chi connectivity index (χ0v) is 15.5. The summed E-state index contributed by atoms with van der Waals surface area (Å²) in [5, 5.41) is 0. The summed E-state index contributed by atoms with van der Waals surface area (Å²) in [5.41, 5.74) is -2.44. The van der Waals surface area contributed by atoms with Crippen LogP contribution in [-0.2, 0) is 24.8 Å². The quantitative estimate of drug-likeness (QED) is 0.711. The molecule has 1 aliphatic heterocycles. The first-order chi connectivity index (χ1) is 10.4. The van der Waals surface area contributed by atoms with Crippen LogP contribution in [0.1, 0.15) is 33.3 Å². The van der Waals surface area contributed by atoms with E-state index in [-0.39, 0.29) is 5.56 Å². The van der Waals surface area contributed by atoms with Crippen molar-refractivity contribution in [2.45, 2.75) is 38.8 Å². The number of hydrogen-bond acceptors (Lipinski definition) is 5. The molecule has 23 heavy (non-hydrogen) atoms. The molecule has 0 spiro atoms. The number of halogens is 2. The van der Waals surface area contributed by atoms with Gasteiger partial charge in [0.05, 0.1) is 6.61 Å². The van der Waals surface area contributed by atoms with Gasteiger partial charge in [-0.3, -0.25) is 4.18 Å². The van der Waals surface area contributed by atoms with Crippen LogP contribution in [0.15, 0.2) is 22.7 Å². The lowest BCUT2D eigenvalue weighted by molar-refractivity contribution is 0.0262. The van der Waals surface area contributed by atoms with E-state index in [1.54, 1.807) is 20.8 Å². The van der Waals surface area contributed by atoms with Crippen LogP contribution in [-0.4, -0.2) is 31.0 Å². The summed E-state index contributed by atoms with van der Waals surface area (Å²) in [6.07, 6.45) is -1.11. The van der Waals surface area contributed by atoms with Gasteiger partial charge in [-0.1, -0.05) is 15.9 Å². The van der Waals surface area contributed by atoms with Gasteiger partial charge in [0.2, 0.25) is 0 Å². The molecule has 0 aromatic heterocycles. The Balaban J connectivity index is 2.55. The minimum absolute atomic E-state index is 0.0128. The van der Waals surface area contributed by atoms with E-state index < -0.39 is 40.0 Å². The molecule has 0 N–H and O–H groups in total. The van der Waals surface area contributed by atoms with Gasteiger partial charge < -0.3 is 4.74 Å². The molecule has 1 aromatic carbocycles. The highest BCUT2D eigenvalue weighted by Gasteiger charge is 2.54. The number of carbonyl (C=O) groups excluding carboxylic acids is 1. The van der Waals surface area contributed by atoms with Crippen molar-refractivity contribution in [2.75, 3.05) is 6.61 Å². The molecule has 128 valence electrons. The number of amides is 1. The van der Waals surface area contributed by atoms with Crippen molar-refractivity contribution in [2.24, 2.45) is 0 Å². The van der Waals surface area contributed by atoms with Gasteiger partial charge in [0.15, 0.2) is 0 Å². The molecule has 1 heterocycles. The Hall–Kier alpha value is -1.19. The van der Waals surface area contributed by atoms with Gasteiger partial charge in [-0.15, -0.1) is 0 Å². The first kappa shape index (κ1) is 18.2. The summed E-state index contributed by atoms with van der Waals surface area (Å²) in [5.74, 6) is -0.648. The van der Waals surface area contributed by atoms with Crippen LogP contribution in [0.3, 0.4) is 0 Å². The molecule has 0 bridgehead atoms. The van der Waals surface area contributed by atoms with Crippen LogP contribution in [0.4, 0.5) is 9.18 Å². The third kappa shape index (κ3) is 3.51. The number of ether oxygens (including phenoxy) is 1. The number of rotatable bonds is 1. The van der Waals surface area contributed by atoms with Crippen LogP contribution < -0.4 is 0 Å². The Morgan fingerprint density at radius 1 is 1.43 bits per heavy atom. The molecule has 1 unspecified atom stereocenters. The maximum absolute atomic E-state index is 14.2. The maximum Gasteiger partial charge on any atom is 0.426 e. The summed E-state index contributed by atoms with van der Waals surface area (Å²) in [7, 11) is -4.37. The molecule has 9 heteroatoms. The predicted octanol–water partition coefficient (Wildman–Crippen LogP) is 3.32. The molecule has 1 aromatic rings. The fourth-order valence-electron chi connectivity index (χ4n) is 2.24. The number of benzene rings is 1. The molecule has 6 nitrogen and oxygen atoms in total. The van der Waals surface area contributed by atoms with E-state index in [4.69, 9.17) is 8.92 Å². The first-order valence-corrected chi connectivity index (χ1v) is 8.91. The Bertz CT molecular complexity index is 746. The second-order valence-corrected chi connectivity index (χ2v) is 8.73. The van der Waals surface area contributed by atoms with E-state index in [2.05, 4.69) is 15.9 Å². The normalized spacial score (nSPS) is 23.8. The van der Waals surface area contributed by atoms with Gasteiger partial charge in [-0.2, -0.15) is 12.7 Å². The highest BCUT2D eigenvalue weighted by atomic mass is 79.9. The monoisotopic (exact) mass is 409 g/mol. The van der Waals surface area contributed by atoms with Gasteiger partial charge in [0.1, 0.15) is 17.0 Å². The first-order valence-electron chi connectivity index (χ1n) is 6.75. The fraction of sp³-hybridized carbons (Fsp3) is 0.500. The molecule has 1 aliphatic rings. The van der Waals surface area contributed by atoms with Crippen molar-refractivity contribution in [1.29, 1.82) is 0 Å². The van der Waals surface area contributed by atoms with Crippen LogP contribution >= 0.6 is 15.9 Å². The van der Waals surface area contributed by atoms with Crippen LogP contribution in [0.5, 0.6) is 0 Å². The second-order valence-electron chi connectivity index (χ2n) is 6.36. The van der Waals surface area contributed by atoms with Crippen molar-refractivity contribution in [3.05, 3.63) is 34.1 Å². The third-order valence-electron chi connectivity index (χ3n) is 3.23. The van der Waals surface area contributed by atoms with Crippen molar-refractivity contribution < 1.29 is 26.5 Å². The molecule has 2 rings (SSSR count). The van der Waals surface area contributed by atoms with Crippen LogP contribution in [0.25, 0.3) is 0 Å². The third-order valence-corrected chi connectivity index (χ3v) is 5.14. The van der Waals surface area contributed by atoms with E-state index in [9.17, 15) is 17.6 Å². The molecule has 1 fully saturated rings. The highest BCUT2D eigenvalue weighted by molar-refractivity contribution is 9.10. The largest absolute Gasteiger partial charge is 0.443 e. The molecule has 0 radical (unpaired) electrons. The van der Waals surface area contributed by atoms with Crippen molar-refractivity contribution in [3.63, 3.8) is 0 Å². The lowest BCUT2D eigenvalue weighted by Crippen LogP contribution is -2.48. The molecular formula is C14H17BrFNO5S. The average Bonchev–Trinajstić information content (AvgIpc) is 2.61. The van der Waals surface area contributed by atoms with Gasteiger partial charge in [0, 0.05) is 10.0 Å². The summed E-state index contributed by atoms with van der Waals surface area (Å²) in [6, 6.07) is 4.07. The molecular weight excluding hydrogens is 393 g/mol. The predicted molar refractivity (Wildman–Crippen MR) is 84.4 cm³/mol. The van der Waals surface area contributed by atoms with E-state index in [1.165, 1.54) is 25.1 Å². The second kappa shape index (κ2) is 5.71. The molecule has 0 aliphatic carbocycles. The summed E-state index contributed by atoms with van der Waals surface area (Å²) < 4.78 is 49.4. The number of nitrogens with zero attached hydrogens (tertiary/aromatic N) is 1. The Labute approximate surface area is 142 Å². The van der Waals surface area contributed by atoms with Crippen molar-refractivity contribution in [1.82, 2.24) is 4.31 Å². The van der Waals surface area contributed by atoms with Crippen molar-refractivity contribution in [3.8, 4) is 0 Å². The number of hydrogen-bond donors (Lipinski definition) is 0. The molecule has 1 atom stereocenters. The summed E-state index contributed by atoms with van der Waals surface area (Å²) in [4.78, 5) is 12.4. The average molecular weight is 410 g/mol. The lowest BCUT2D eigenvalue weighted by atomic mass is 9.92. The Morgan fingerprint density at radius 2 is 2.04 bits per heavy atom. The lowest BCUT2D eigenvalue weighted by Gasteiger charge is -2.33. The summed E-state index contributed by atoms with van der Waals surface area (Å²) >= 11 is 3.21. The maximum atomic E-state index is 14.2. The van der Waals surface area contributed by atoms with Crippen LogP contribution in [0.2, 0.25) is 0 Å². The topological polar surface area (TPSA) is 72.9 Å².